The smallest absolute Gasteiger partial charge is 0.407 e. The van der Waals surface area contributed by atoms with Crippen molar-refractivity contribution in [3.63, 3.8) is 0 Å². The highest BCUT2D eigenvalue weighted by molar-refractivity contribution is 6.30. The SMILES string of the molecule is CC1(C)C(=O)Nc2cc(NC3=N[N+]4(N5CCC6(CNC(=O)O6)C5)C=CN=CC4=N3)ccc21. The lowest BCUT2D eigenvalue weighted by Gasteiger charge is -2.32. The van der Waals surface area contributed by atoms with Gasteiger partial charge in [-0.05, 0) is 41.3 Å². The Labute approximate surface area is 184 Å². The minimum absolute atomic E-state index is 0.0175. The molecule has 2 amide bonds. The summed E-state index contributed by atoms with van der Waals surface area (Å²) in [6, 6.07) is 5.76. The van der Waals surface area contributed by atoms with Gasteiger partial charge in [-0.15, -0.1) is 10.0 Å². The molecule has 0 aliphatic carbocycles. The predicted molar refractivity (Wildman–Crippen MR) is 118 cm³/mol. The van der Waals surface area contributed by atoms with Crippen LogP contribution < -0.4 is 16.0 Å². The number of amides is 2. The van der Waals surface area contributed by atoms with E-state index < -0.39 is 11.0 Å². The second-order valence-electron chi connectivity index (χ2n) is 9.15. The summed E-state index contributed by atoms with van der Waals surface area (Å²) >= 11 is 0. The van der Waals surface area contributed by atoms with Crippen molar-refractivity contribution >= 4 is 41.4 Å². The first-order chi connectivity index (χ1) is 15.3. The molecule has 5 aliphatic rings. The summed E-state index contributed by atoms with van der Waals surface area (Å²) < 4.78 is 5.61. The Hall–Kier alpha value is -3.57. The maximum Gasteiger partial charge on any atom is 0.407 e. The number of aliphatic imine (C=N–C) groups is 2. The number of hydrogen-bond donors (Lipinski definition) is 3. The summed E-state index contributed by atoms with van der Waals surface area (Å²) in [6.45, 7) is 5.51. The van der Waals surface area contributed by atoms with Crippen molar-refractivity contribution < 1.29 is 19.0 Å². The van der Waals surface area contributed by atoms with Crippen LogP contribution in [-0.2, 0) is 14.9 Å². The molecule has 1 aromatic rings. The van der Waals surface area contributed by atoms with E-state index in [2.05, 4.69) is 30.9 Å². The Morgan fingerprint density at radius 3 is 2.97 bits per heavy atom. The quantitative estimate of drug-likeness (QED) is 0.608. The van der Waals surface area contributed by atoms with Crippen LogP contribution in [0.5, 0.6) is 0 Å². The van der Waals surface area contributed by atoms with Crippen LogP contribution in [0.3, 0.4) is 0 Å². The number of hydrogen-bond acceptors (Lipinski definition) is 8. The van der Waals surface area contributed by atoms with Gasteiger partial charge in [0.2, 0.25) is 5.91 Å². The largest absolute Gasteiger partial charge is 0.439 e. The second-order valence-corrected chi connectivity index (χ2v) is 9.15. The Balaban J connectivity index is 1.28. The third kappa shape index (κ3) is 2.64. The lowest BCUT2D eigenvalue weighted by Crippen LogP contribution is -2.56. The van der Waals surface area contributed by atoms with E-state index in [1.54, 1.807) is 12.4 Å². The first kappa shape index (κ1) is 19.1. The number of ether oxygens (including phenoxy) is 1. The van der Waals surface area contributed by atoms with Crippen molar-refractivity contribution in [2.24, 2.45) is 15.1 Å². The molecule has 5 heterocycles. The number of nitrogens with one attached hydrogen (secondary N) is 3. The molecule has 1 aromatic carbocycles. The van der Waals surface area contributed by atoms with Crippen molar-refractivity contribution in [3.8, 4) is 0 Å². The van der Waals surface area contributed by atoms with Gasteiger partial charge in [0.05, 0.1) is 31.2 Å². The van der Waals surface area contributed by atoms with E-state index in [0.29, 0.717) is 37.9 Å². The number of quaternary nitrogens is 1. The van der Waals surface area contributed by atoms with Gasteiger partial charge in [0.25, 0.3) is 5.96 Å². The zero-order chi connectivity index (χ0) is 22.1. The Morgan fingerprint density at radius 1 is 1.28 bits per heavy atom. The number of amidine groups is 1. The minimum atomic E-state index is -0.555. The Morgan fingerprint density at radius 2 is 2.16 bits per heavy atom. The molecule has 0 bridgehead atoms. The van der Waals surface area contributed by atoms with Crippen molar-refractivity contribution in [2.75, 3.05) is 30.3 Å². The topological polar surface area (TPSA) is 120 Å². The van der Waals surface area contributed by atoms with E-state index >= 15 is 0 Å². The fraction of sp³-hybridized carbons (Fsp3) is 0.381. The van der Waals surface area contributed by atoms with Gasteiger partial charge >= 0.3 is 11.9 Å². The zero-order valence-electron chi connectivity index (χ0n) is 17.8. The van der Waals surface area contributed by atoms with E-state index in [1.165, 1.54) is 0 Å². The molecule has 3 N–H and O–H groups in total. The summed E-state index contributed by atoms with van der Waals surface area (Å²) in [5.74, 6) is 1.07. The number of guanidine groups is 1. The average molecular weight is 435 g/mol. The molecule has 164 valence electrons. The molecular weight excluding hydrogens is 412 g/mol. The number of anilines is 2. The number of fused-ring (bicyclic) bond motifs is 2. The Bertz CT molecular complexity index is 1190. The van der Waals surface area contributed by atoms with E-state index in [1.807, 2.05) is 38.2 Å². The molecule has 2 fully saturated rings. The standard InChI is InChI=1S/C21H22N8O3/c1-20(2)14-4-3-13(9-15(14)25-17(20)30)24-18-26-16-10-22-6-8-29(16,27-18)28-7-5-21(12-28)11-23-19(31)32-21/h3-4,6,8-10H,5,7,11-12H2,1-2H3,(H2-,23,24,25,27,30,31)/p+1. The summed E-state index contributed by atoms with van der Waals surface area (Å²) in [4.78, 5) is 32.8. The van der Waals surface area contributed by atoms with Crippen LogP contribution in [0.2, 0.25) is 0 Å². The first-order valence-corrected chi connectivity index (χ1v) is 10.5. The first-order valence-electron chi connectivity index (χ1n) is 10.5. The number of carbonyl (C=O) groups is 2. The maximum absolute atomic E-state index is 12.3. The lowest BCUT2D eigenvalue weighted by atomic mass is 9.86. The highest BCUT2D eigenvalue weighted by atomic mass is 16.6. The van der Waals surface area contributed by atoms with Gasteiger partial charge in [0.1, 0.15) is 6.21 Å². The molecule has 0 saturated carbocycles. The molecule has 0 aromatic heterocycles. The highest BCUT2D eigenvalue weighted by Gasteiger charge is 2.56. The van der Waals surface area contributed by atoms with Gasteiger partial charge in [-0.3, -0.25) is 9.79 Å². The van der Waals surface area contributed by atoms with Crippen molar-refractivity contribution in [1.82, 2.24) is 10.3 Å². The molecule has 1 spiro atoms. The van der Waals surface area contributed by atoms with E-state index in [-0.39, 0.29) is 16.7 Å². The molecule has 6 rings (SSSR count). The summed E-state index contributed by atoms with van der Waals surface area (Å²) in [5.41, 5.74) is 1.42. The van der Waals surface area contributed by atoms with Gasteiger partial charge in [0, 0.05) is 17.8 Å². The molecule has 2 atom stereocenters. The molecule has 0 radical (unpaired) electrons. The fourth-order valence-electron chi connectivity index (χ4n) is 4.83. The van der Waals surface area contributed by atoms with Crippen LogP contribution in [0.25, 0.3) is 0 Å². The molecular formula is C21H23N8O3+. The van der Waals surface area contributed by atoms with Crippen LogP contribution in [0.4, 0.5) is 16.2 Å². The molecule has 11 heteroatoms. The van der Waals surface area contributed by atoms with Crippen molar-refractivity contribution in [3.05, 3.63) is 36.2 Å². The number of carbonyl (C=O) groups excluding carboxylic acids is 2. The summed E-state index contributed by atoms with van der Waals surface area (Å²) in [6.07, 6.45) is 5.58. The van der Waals surface area contributed by atoms with Gasteiger partial charge in [-0.1, -0.05) is 6.07 Å². The van der Waals surface area contributed by atoms with Crippen LogP contribution in [0.15, 0.2) is 45.7 Å². The molecule has 11 nitrogen and oxygen atoms in total. The average Bonchev–Trinajstić information content (AvgIpc) is 3.48. The number of benzene rings is 1. The highest BCUT2D eigenvalue weighted by Crippen LogP contribution is 2.39. The third-order valence-corrected chi connectivity index (χ3v) is 6.71. The van der Waals surface area contributed by atoms with Crippen LogP contribution >= 0.6 is 0 Å². The minimum Gasteiger partial charge on any atom is -0.439 e. The van der Waals surface area contributed by atoms with Gasteiger partial charge in [0.15, 0.2) is 11.8 Å². The van der Waals surface area contributed by atoms with Crippen LogP contribution in [0.1, 0.15) is 25.8 Å². The predicted octanol–water partition coefficient (Wildman–Crippen LogP) is 1.48. The number of rotatable bonds is 2. The van der Waals surface area contributed by atoms with E-state index in [9.17, 15) is 9.59 Å². The van der Waals surface area contributed by atoms with Crippen LogP contribution in [-0.4, -0.2) is 65.0 Å². The fourth-order valence-corrected chi connectivity index (χ4v) is 4.83. The summed E-state index contributed by atoms with van der Waals surface area (Å²) in [5, 5.41) is 15.9. The number of nitrogens with zero attached hydrogens (tertiary/aromatic N) is 5. The Kier molecular flexibility index (Phi) is 3.73. The van der Waals surface area contributed by atoms with Gasteiger partial charge in [-0.25, -0.2) is 4.79 Å². The molecule has 2 unspecified atom stereocenters. The van der Waals surface area contributed by atoms with E-state index in [0.717, 1.165) is 16.9 Å². The third-order valence-electron chi connectivity index (χ3n) is 6.71. The van der Waals surface area contributed by atoms with E-state index in [4.69, 9.17) is 9.84 Å². The number of alkyl carbamates (subject to hydrolysis) is 1. The monoisotopic (exact) mass is 435 g/mol. The second kappa shape index (κ2) is 6.24. The van der Waals surface area contributed by atoms with Gasteiger partial charge < -0.3 is 20.7 Å². The zero-order valence-corrected chi connectivity index (χ0v) is 17.8. The molecule has 2 saturated heterocycles. The van der Waals surface area contributed by atoms with Crippen molar-refractivity contribution in [1.29, 1.82) is 0 Å². The van der Waals surface area contributed by atoms with Gasteiger partial charge in [-0.2, -0.15) is 0 Å². The summed E-state index contributed by atoms with van der Waals surface area (Å²) in [7, 11) is 0. The molecule has 32 heavy (non-hydrogen) atoms. The normalized spacial score (nSPS) is 31.7. The lowest BCUT2D eigenvalue weighted by molar-refractivity contribution is -0.915. The maximum atomic E-state index is 12.3. The van der Waals surface area contributed by atoms with Crippen LogP contribution in [0, 0.1) is 0 Å². The molecule has 5 aliphatic heterocycles. The van der Waals surface area contributed by atoms with Crippen molar-refractivity contribution in [2.45, 2.75) is 31.3 Å².